The highest BCUT2D eigenvalue weighted by Crippen LogP contribution is 2.30. The number of benzene rings is 3. The van der Waals surface area contributed by atoms with Gasteiger partial charge in [-0.1, -0.05) is 60.1 Å². The van der Waals surface area contributed by atoms with Gasteiger partial charge in [-0.05, 0) is 46.5 Å². The predicted octanol–water partition coefficient (Wildman–Crippen LogP) is 4.21. The van der Waals surface area contributed by atoms with Crippen molar-refractivity contribution in [3.8, 4) is 11.1 Å². The van der Waals surface area contributed by atoms with Crippen LogP contribution in [0.1, 0.15) is 11.1 Å². The first-order valence-corrected chi connectivity index (χ1v) is 10.9. The van der Waals surface area contributed by atoms with E-state index in [4.69, 9.17) is 11.6 Å². The number of rotatable bonds is 4. The van der Waals surface area contributed by atoms with Gasteiger partial charge in [0.25, 0.3) is 0 Å². The van der Waals surface area contributed by atoms with Gasteiger partial charge in [0, 0.05) is 18.0 Å². The van der Waals surface area contributed by atoms with E-state index < -0.39 is 22.0 Å². The molecule has 1 N–H and O–H groups in total. The van der Waals surface area contributed by atoms with Crippen molar-refractivity contribution in [2.24, 2.45) is 0 Å². The minimum atomic E-state index is -3.97. The molecule has 7 heteroatoms. The van der Waals surface area contributed by atoms with Gasteiger partial charge in [-0.2, -0.15) is 4.31 Å². The molecule has 4 rings (SSSR count). The zero-order valence-electron chi connectivity index (χ0n) is 15.3. The number of carboxylic acids is 1. The fraction of sp³-hybridized carbons (Fsp3) is 0.136. The summed E-state index contributed by atoms with van der Waals surface area (Å²) in [6.07, 6.45) is 0.146. The Morgan fingerprint density at radius 1 is 0.897 bits per heavy atom. The van der Waals surface area contributed by atoms with Crippen molar-refractivity contribution < 1.29 is 18.3 Å². The average Bonchev–Trinajstić information content (AvgIpc) is 2.73. The van der Waals surface area contributed by atoms with E-state index in [1.165, 1.54) is 12.1 Å². The molecule has 0 aromatic heterocycles. The van der Waals surface area contributed by atoms with Crippen LogP contribution in [0.15, 0.2) is 77.7 Å². The molecule has 1 heterocycles. The number of sulfonamides is 1. The van der Waals surface area contributed by atoms with Crippen LogP contribution in [0, 0.1) is 0 Å². The lowest BCUT2D eigenvalue weighted by molar-refractivity contribution is -0.141. The molecule has 29 heavy (non-hydrogen) atoms. The van der Waals surface area contributed by atoms with Crippen LogP contribution in [-0.2, 0) is 27.8 Å². The van der Waals surface area contributed by atoms with Crippen molar-refractivity contribution in [2.45, 2.75) is 23.9 Å². The molecular weight excluding hydrogens is 410 g/mol. The topological polar surface area (TPSA) is 74.7 Å². The Kier molecular flexibility index (Phi) is 5.17. The first kappa shape index (κ1) is 19.6. The minimum absolute atomic E-state index is 0.0361. The molecule has 3 aromatic rings. The highest BCUT2D eigenvalue weighted by molar-refractivity contribution is 7.89. The fourth-order valence-corrected chi connectivity index (χ4v) is 5.24. The maximum Gasteiger partial charge on any atom is 0.322 e. The average molecular weight is 428 g/mol. The quantitative estimate of drug-likeness (QED) is 0.676. The van der Waals surface area contributed by atoms with Crippen LogP contribution in [0.3, 0.4) is 0 Å². The molecule has 1 atom stereocenters. The van der Waals surface area contributed by atoms with Crippen molar-refractivity contribution in [2.75, 3.05) is 0 Å². The van der Waals surface area contributed by atoms with Crippen molar-refractivity contribution in [3.05, 3.63) is 88.9 Å². The number of carbonyl (C=O) groups is 1. The molecule has 0 fully saturated rings. The first-order valence-electron chi connectivity index (χ1n) is 9.04. The summed E-state index contributed by atoms with van der Waals surface area (Å²) < 4.78 is 27.6. The molecule has 3 aromatic carbocycles. The monoisotopic (exact) mass is 427 g/mol. The van der Waals surface area contributed by atoms with Crippen LogP contribution >= 0.6 is 11.6 Å². The van der Waals surface area contributed by atoms with Gasteiger partial charge in [0.1, 0.15) is 6.04 Å². The molecule has 148 valence electrons. The number of aliphatic carboxylic acids is 1. The van der Waals surface area contributed by atoms with Gasteiger partial charge in [0.2, 0.25) is 10.0 Å². The maximum atomic E-state index is 13.2. The summed E-state index contributed by atoms with van der Waals surface area (Å²) in [5.74, 6) is -1.15. The lowest BCUT2D eigenvalue weighted by Crippen LogP contribution is -2.48. The number of carboxylic acid groups (broad SMARTS) is 1. The molecule has 0 saturated heterocycles. The molecule has 0 aliphatic carbocycles. The summed E-state index contributed by atoms with van der Waals surface area (Å²) in [6, 6.07) is 19.9. The minimum Gasteiger partial charge on any atom is -0.480 e. The fourth-order valence-electron chi connectivity index (χ4n) is 3.56. The molecule has 0 bridgehead atoms. The molecule has 0 spiro atoms. The first-order chi connectivity index (χ1) is 13.9. The second-order valence-electron chi connectivity index (χ2n) is 6.91. The molecule has 1 aliphatic rings. The Morgan fingerprint density at radius 3 is 2.03 bits per heavy atom. The third-order valence-electron chi connectivity index (χ3n) is 5.13. The van der Waals surface area contributed by atoms with Crippen LogP contribution in [0.2, 0.25) is 5.02 Å². The molecule has 0 amide bonds. The summed E-state index contributed by atoms with van der Waals surface area (Å²) in [5, 5.41) is 10.3. The largest absolute Gasteiger partial charge is 0.480 e. The van der Waals surface area contributed by atoms with Gasteiger partial charge >= 0.3 is 5.97 Å². The van der Waals surface area contributed by atoms with Crippen molar-refractivity contribution in [3.63, 3.8) is 0 Å². The summed E-state index contributed by atoms with van der Waals surface area (Å²) >= 11 is 5.91. The van der Waals surface area contributed by atoms with Crippen molar-refractivity contribution in [1.82, 2.24) is 4.31 Å². The van der Waals surface area contributed by atoms with E-state index in [1.54, 1.807) is 24.3 Å². The van der Waals surface area contributed by atoms with Crippen LogP contribution < -0.4 is 0 Å². The SMILES string of the molecule is O=C(O)[C@@H]1Cc2ccccc2CN1S(=O)(=O)c1ccc(-c2ccc(Cl)cc2)cc1. The normalized spacial score (nSPS) is 16.9. The van der Waals surface area contributed by atoms with Gasteiger partial charge in [-0.3, -0.25) is 4.79 Å². The van der Waals surface area contributed by atoms with Crippen molar-refractivity contribution >= 4 is 27.6 Å². The Labute approximate surface area is 174 Å². The van der Waals surface area contributed by atoms with Gasteiger partial charge in [0.05, 0.1) is 4.90 Å². The molecule has 0 saturated carbocycles. The van der Waals surface area contributed by atoms with Crippen LogP contribution in [0.5, 0.6) is 0 Å². The summed E-state index contributed by atoms with van der Waals surface area (Å²) in [4.78, 5) is 11.9. The van der Waals surface area contributed by atoms with E-state index in [0.717, 1.165) is 26.6 Å². The predicted molar refractivity (Wildman–Crippen MR) is 111 cm³/mol. The van der Waals surface area contributed by atoms with Crippen LogP contribution in [0.25, 0.3) is 11.1 Å². The van der Waals surface area contributed by atoms with E-state index >= 15 is 0 Å². The van der Waals surface area contributed by atoms with Crippen molar-refractivity contribution in [1.29, 1.82) is 0 Å². The number of nitrogens with zero attached hydrogens (tertiary/aromatic N) is 1. The second-order valence-corrected chi connectivity index (χ2v) is 9.24. The Bertz CT molecular complexity index is 1160. The molecule has 0 unspecified atom stereocenters. The zero-order chi connectivity index (χ0) is 20.6. The van der Waals surface area contributed by atoms with Crippen LogP contribution in [-0.4, -0.2) is 29.8 Å². The van der Waals surface area contributed by atoms with E-state index in [9.17, 15) is 18.3 Å². The Hall–Kier alpha value is -2.67. The third kappa shape index (κ3) is 3.79. The lowest BCUT2D eigenvalue weighted by Gasteiger charge is -2.33. The molecule has 0 radical (unpaired) electrons. The van der Waals surface area contributed by atoms with Gasteiger partial charge in [-0.15, -0.1) is 0 Å². The lowest BCUT2D eigenvalue weighted by atomic mass is 9.96. The maximum absolute atomic E-state index is 13.2. The summed E-state index contributed by atoms with van der Waals surface area (Å²) in [7, 11) is -3.97. The van der Waals surface area contributed by atoms with Gasteiger partial charge in [0.15, 0.2) is 0 Å². The number of fused-ring (bicyclic) bond motifs is 1. The molecular formula is C22H18ClNO4S. The van der Waals surface area contributed by atoms with E-state index in [2.05, 4.69) is 0 Å². The number of hydrogen-bond donors (Lipinski definition) is 1. The summed E-state index contributed by atoms with van der Waals surface area (Å²) in [5.41, 5.74) is 3.45. The standard InChI is InChI=1S/C22H18ClNO4S/c23-19-9-5-15(6-10-19)16-7-11-20(12-8-16)29(27,28)24-14-18-4-2-1-3-17(18)13-21(24)22(25)26/h1-12,21H,13-14H2,(H,25,26)/t21-/m0/s1. The van der Waals surface area contributed by atoms with Gasteiger partial charge in [-0.25, -0.2) is 8.42 Å². The number of hydrogen-bond acceptors (Lipinski definition) is 3. The highest BCUT2D eigenvalue weighted by Gasteiger charge is 2.39. The number of halogens is 1. The van der Waals surface area contributed by atoms with E-state index in [0.29, 0.717) is 5.02 Å². The second kappa shape index (κ2) is 7.63. The highest BCUT2D eigenvalue weighted by atomic mass is 35.5. The Balaban J connectivity index is 1.68. The summed E-state index contributed by atoms with van der Waals surface area (Å²) in [6.45, 7) is 0.0361. The zero-order valence-corrected chi connectivity index (χ0v) is 16.9. The Morgan fingerprint density at radius 2 is 1.45 bits per heavy atom. The van der Waals surface area contributed by atoms with Gasteiger partial charge < -0.3 is 5.11 Å². The van der Waals surface area contributed by atoms with Crippen LogP contribution in [0.4, 0.5) is 0 Å². The van der Waals surface area contributed by atoms with E-state index in [-0.39, 0.29) is 17.9 Å². The molecule has 1 aliphatic heterocycles. The van der Waals surface area contributed by atoms with E-state index in [1.807, 2.05) is 36.4 Å². The smallest absolute Gasteiger partial charge is 0.322 e. The molecule has 5 nitrogen and oxygen atoms in total. The third-order valence-corrected chi connectivity index (χ3v) is 7.25.